The zero-order valence-corrected chi connectivity index (χ0v) is 16.1. The molecule has 0 spiro atoms. The molecule has 0 amide bonds. The summed E-state index contributed by atoms with van der Waals surface area (Å²) in [7, 11) is 0. The number of aromatic nitrogens is 2. The van der Waals surface area contributed by atoms with Gasteiger partial charge >= 0.3 is 5.69 Å². The molecule has 4 nitrogen and oxygen atoms in total. The fourth-order valence-electron chi connectivity index (χ4n) is 3.32. The van der Waals surface area contributed by atoms with Gasteiger partial charge in [-0.2, -0.15) is 0 Å². The van der Waals surface area contributed by atoms with E-state index in [-0.39, 0.29) is 5.69 Å². The molecule has 0 saturated carbocycles. The third-order valence-corrected chi connectivity index (χ3v) is 4.78. The van der Waals surface area contributed by atoms with Crippen LogP contribution in [0.2, 0.25) is 0 Å². The van der Waals surface area contributed by atoms with E-state index in [1.54, 1.807) is 0 Å². The van der Waals surface area contributed by atoms with Crippen LogP contribution in [0.1, 0.15) is 65.0 Å². The normalized spacial score (nSPS) is 11.2. The summed E-state index contributed by atoms with van der Waals surface area (Å²) in [5.41, 5.74) is 10.4. The molecule has 1 aromatic carbocycles. The molecule has 1 aromatic heterocycles. The van der Waals surface area contributed by atoms with Crippen LogP contribution in [0.5, 0.6) is 0 Å². The first kappa shape index (κ1) is 19.4. The van der Waals surface area contributed by atoms with Gasteiger partial charge in [-0.05, 0) is 31.7 Å². The number of para-hydroxylation sites is 1. The summed E-state index contributed by atoms with van der Waals surface area (Å²) >= 11 is 0. The van der Waals surface area contributed by atoms with E-state index in [9.17, 15) is 4.79 Å². The van der Waals surface area contributed by atoms with Crippen molar-refractivity contribution in [3.8, 4) is 11.3 Å². The maximum Gasteiger partial charge on any atom is 0.328 e. The highest BCUT2D eigenvalue weighted by atomic mass is 16.1. The van der Waals surface area contributed by atoms with Crippen LogP contribution in [0.4, 0.5) is 5.69 Å². The van der Waals surface area contributed by atoms with Gasteiger partial charge in [0, 0.05) is 30.0 Å². The van der Waals surface area contributed by atoms with Gasteiger partial charge in [-0.25, -0.2) is 4.79 Å². The lowest BCUT2D eigenvalue weighted by atomic mass is 10.0. The largest absolute Gasteiger partial charge is 0.398 e. The van der Waals surface area contributed by atoms with Crippen molar-refractivity contribution in [1.29, 1.82) is 0 Å². The summed E-state index contributed by atoms with van der Waals surface area (Å²) in [4.78, 5) is 13.2. The zero-order chi connectivity index (χ0) is 18.2. The molecule has 0 fully saturated rings. The van der Waals surface area contributed by atoms with Gasteiger partial charge in [0.05, 0.1) is 5.69 Å². The van der Waals surface area contributed by atoms with Crippen LogP contribution in [0, 0.1) is 0 Å². The van der Waals surface area contributed by atoms with Crippen LogP contribution < -0.4 is 11.4 Å². The Kier molecular flexibility index (Phi) is 7.35. The highest BCUT2D eigenvalue weighted by Crippen LogP contribution is 2.30. The van der Waals surface area contributed by atoms with Crippen molar-refractivity contribution in [2.75, 3.05) is 5.73 Å². The average Bonchev–Trinajstić information content (AvgIpc) is 2.87. The monoisotopic (exact) mass is 343 g/mol. The number of hydrogen-bond donors (Lipinski definition) is 1. The fourth-order valence-corrected chi connectivity index (χ4v) is 3.32. The van der Waals surface area contributed by atoms with Crippen LogP contribution >= 0.6 is 0 Å². The predicted molar refractivity (Wildman–Crippen MR) is 107 cm³/mol. The average molecular weight is 344 g/mol. The molecule has 25 heavy (non-hydrogen) atoms. The molecule has 0 aliphatic rings. The van der Waals surface area contributed by atoms with Crippen molar-refractivity contribution in [3.63, 3.8) is 0 Å². The van der Waals surface area contributed by atoms with Gasteiger partial charge in [-0.3, -0.25) is 9.13 Å². The van der Waals surface area contributed by atoms with Gasteiger partial charge in [0.1, 0.15) is 0 Å². The quantitative estimate of drug-likeness (QED) is 0.627. The molecule has 0 bridgehead atoms. The molecule has 2 rings (SSSR count). The summed E-state index contributed by atoms with van der Waals surface area (Å²) in [6, 6.07) is 7.93. The molecule has 4 heteroatoms. The number of unbranched alkanes of at least 4 members (excludes halogenated alkanes) is 3. The minimum atomic E-state index is 0.131. The maximum absolute atomic E-state index is 13.2. The van der Waals surface area contributed by atoms with E-state index in [0.717, 1.165) is 80.7 Å². The van der Waals surface area contributed by atoms with Crippen LogP contribution in [0.3, 0.4) is 0 Å². The Labute approximate surface area is 151 Å². The highest BCUT2D eigenvalue weighted by molar-refractivity contribution is 5.75. The minimum absolute atomic E-state index is 0.131. The van der Waals surface area contributed by atoms with E-state index >= 15 is 0 Å². The smallest absolute Gasteiger partial charge is 0.328 e. The molecule has 2 N–H and O–H groups in total. The Morgan fingerprint density at radius 1 is 0.880 bits per heavy atom. The molecule has 0 atom stereocenters. The number of anilines is 1. The van der Waals surface area contributed by atoms with Gasteiger partial charge in [-0.1, -0.05) is 58.2 Å². The van der Waals surface area contributed by atoms with Gasteiger partial charge in [0.2, 0.25) is 0 Å². The lowest BCUT2D eigenvalue weighted by molar-refractivity contribution is 0.553. The maximum atomic E-state index is 13.2. The lowest BCUT2D eigenvalue weighted by Crippen LogP contribution is -2.25. The van der Waals surface area contributed by atoms with Gasteiger partial charge < -0.3 is 5.73 Å². The van der Waals surface area contributed by atoms with Gasteiger partial charge in [-0.15, -0.1) is 0 Å². The van der Waals surface area contributed by atoms with Crippen LogP contribution in [-0.2, 0) is 19.5 Å². The summed E-state index contributed by atoms with van der Waals surface area (Å²) < 4.78 is 3.98. The van der Waals surface area contributed by atoms with Crippen molar-refractivity contribution in [2.24, 2.45) is 0 Å². The third kappa shape index (κ3) is 4.36. The SMILES string of the molecule is CCCCc1c(-c2ccccc2N)n(CCCC)c(=O)n1CCCC. The molecule has 138 valence electrons. The second-order valence-corrected chi connectivity index (χ2v) is 6.78. The Hall–Kier alpha value is -1.97. The van der Waals surface area contributed by atoms with E-state index in [2.05, 4.69) is 20.8 Å². The second kappa shape index (κ2) is 9.50. The van der Waals surface area contributed by atoms with Gasteiger partial charge in [0.15, 0.2) is 0 Å². The molecular formula is C21H33N3O. The van der Waals surface area contributed by atoms with Crippen molar-refractivity contribution in [3.05, 3.63) is 40.4 Å². The topological polar surface area (TPSA) is 52.9 Å². The lowest BCUT2D eigenvalue weighted by Gasteiger charge is -2.13. The van der Waals surface area contributed by atoms with E-state index < -0.39 is 0 Å². The third-order valence-electron chi connectivity index (χ3n) is 4.78. The van der Waals surface area contributed by atoms with E-state index in [0.29, 0.717) is 0 Å². The van der Waals surface area contributed by atoms with Crippen LogP contribution in [0.15, 0.2) is 29.1 Å². The number of nitrogen functional groups attached to an aromatic ring is 1. The molecule has 0 saturated heterocycles. The van der Waals surface area contributed by atoms with Gasteiger partial charge in [0.25, 0.3) is 0 Å². The minimum Gasteiger partial charge on any atom is -0.398 e. The number of hydrogen-bond acceptors (Lipinski definition) is 2. The Morgan fingerprint density at radius 2 is 1.48 bits per heavy atom. The summed E-state index contributed by atoms with van der Waals surface area (Å²) in [5, 5.41) is 0. The van der Waals surface area contributed by atoms with Crippen molar-refractivity contribution >= 4 is 5.69 Å². The number of imidazole rings is 1. The first-order chi connectivity index (χ1) is 12.2. The van der Waals surface area contributed by atoms with Crippen molar-refractivity contribution in [1.82, 2.24) is 9.13 Å². The fraction of sp³-hybridized carbons (Fsp3) is 0.571. The zero-order valence-electron chi connectivity index (χ0n) is 16.1. The number of rotatable bonds is 10. The highest BCUT2D eigenvalue weighted by Gasteiger charge is 2.21. The molecule has 0 radical (unpaired) electrons. The summed E-state index contributed by atoms with van der Waals surface area (Å²) in [6.45, 7) is 8.08. The molecule has 0 aliphatic heterocycles. The van der Waals surface area contributed by atoms with Crippen molar-refractivity contribution in [2.45, 2.75) is 78.8 Å². The number of nitrogens with zero attached hydrogens (tertiary/aromatic N) is 2. The van der Waals surface area contributed by atoms with Crippen LogP contribution in [0.25, 0.3) is 11.3 Å². The molecule has 1 heterocycles. The molecule has 2 aromatic rings. The molecule has 0 aliphatic carbocycles. The standard InChI is InChI=1S/C21H33N3O/c1-4-7-14-19-20(17-12-10-11-13-18(17)22)24(16-9-6-3)21(25)23(19)15-8-5-2/h10-13H,4-9,14-16,22H2,1-3H3. The summed E-state index contributed by atoms with van der Waals surface area (Å²) in [5.74, 6) is 0. The molecular weight excluding hydrogens is 310 g/mol. The number of nitrogens with two attached hydrogens (primary N) is 1. The first-order valence-corrected chi connectivity index (χ1v) is 9.82. The van der Waals surface area contributed by atoms with E-state index in [4.69, 9.17) is 5.73 Å². The van der Waals surface area contributed by atoms with Crippen molar-refractivity contribution < 1.29 is 0 Å². The summed E-state index contributed by atoms with van der Waals surface area (Å²) in [6.07, 6.45) is 7.32. The molecule has 0 unspecified atom stereocenters. The Morgan fingerprint density at radius 3 is 2.08 bits per heavy atom. The Bertz CT molecular complexity index is 727. The van der Waals surface area contributed by atoms with E-state index in [1.165, 1.54) is 0 Å². The first-order valence-electron chi connectivity index (χ1n) is 9.82. The van der Waals surface area contributed by atoms with Crippen LogP contribution in [-0.4, -0.2) is 9.13 Å². The Balaban J connectivity index is 2.66. The second-order valence-electron chi connectivity index (χ2n) is 6.78. The number of benzene rings is 1. The predicted octanol–water partition coefficient (Wildman–Crippen LogP) is 4.84. The van der Waals surface area contributed by atoms with E-state index in [1.807, 2.05) is 33.4 Å².